The quantitative estimate of drug-likeness (QED) is 0.824. The van der Waals surface area contributed by atoms with Crippen molar-refractivity contribution in [3.63, 3.8) is 0 Å². The molecule has 17 heavy (non-hydrogen) atoms. The van der Waals surface area contributed by atoms with Crippen LogP contribution in [-0.4, -0.2) is 39.4 Å². The van der Waals surface area contributed by atoms with Crippen LogP contribution in [0.15, 0.2) is 12.1 Å². The van der Waals surface area contributed by atoms with Gasteiger partial charge in [0.25, 0.3) is 0 Å². The second kappa shape index (κ2) is 4.63. The largest absolute Gasteiger partial charge is 0.484 e. The van der Waals surface area contributed by atoms with Gasteiger partial charge in [-0.3, -0.25) is 0 Å². The Kier molecular flexibility index (Phi) is 2.99. The van der Waals surface area contributed by atoms with Crippen LogP contribution in [0.1, 0.15) is 0 Å². The van der Waals surface area contributed by atoms with E-state index < -0.39 is 0 Å². The standard InChI is InChI=1S/C12H15ClN2O2/c13-9-1-2-10(15-5-3-14-4-6-15)12-11(9)16-7-8-17-12/h1-2,14H,3-8H2. The van der Waals surface area contributed by atoms with E-state index in [4.69, 9.17) is 21.1 Å². The third kappa shape index (κ3) is 2.03. The maximum atomic E-state index is 6.12. The zero-order chi connectivity index (χ0) is 11.7. The van der Waals surface area contributed by atoms with Crippen molar-refractivity contribution < 1.29 is 9.47 Å². The van der Waals surface area contributed by atoms with Gasteiger partial charge in [0.1, 0.15) is 13.2 Å². The molecule has 92 valence electrons. The van der Waals surface area contributed by atoms with Crippen molar-refractivity contribution in [2.75, 3.05) is 44.3 Å². The lowest BCUT2D eigenvalue weighted by Gasteiger charge is -2.32. The summed E-state index contributed by atoms with van der Waals surface area (Å²) in [5, 5.41) is 3.96. The van der Waals surface area contributed by atoms with E-state index in [2.05, 4.69) is 10.2 Å². The number of nitrogens with one attached hydrogen (secondary N) is 1. The number of anilines is 1. The van der Waals surface area contributed by atoms with E-state index in [9.17, 15) is 0 Å². The van der Waals surface area contributed by atoms with E-state index in [0.717, 1.165) is 37.6 Å². The third-order valence-corrected chi connectivity index (χ3v) is 3.37. The molecule has 0 aromatic heterocycles. The summed E-state index contributed by atoms with van der Waals surface area (Å²) in [5.41, 5.74) is 1.09. The van der Waals surface area contributed by atoms with Gasteiger partial charge < -0.3 is 19.7 Å². The van der Waals surface area contributed by atoms with Gasteiger partial charge in [-0.1, -0.05) is 11.6 Å². The van der Waals surface area contributed by atoms with E-state index in [-0.39, 0.29) is 0 Å². The van der Waals surface area contributed by atoms with E-state index in [1.807, 2.05) is 12.1 Å². The van der Waals surface area contributed by atoms with Crippen LogP contribution in [0, 0.1) is 0 Å². The number of hydrogen-bond donors (Lipinski definition) is 1. The number of nitrogens with zero attached hydrogens (tertiary/aromatic N) is 1. The van der Waals surface area contributed by atoms with E-state index >= 15 is 0 Å². The molecule has 0 bridgehead atoms. The van der Waals surface area contributed by atoms with Crippen molar-refractivity contribution >= 4 is 17.3 Å². The zero-order valence-corrected chi connectivity index (χ0v) is 10.3. The minimum atomic E-state index is 0.567. The monoisotopic (exact) mass is 254 g/mol. The molecule has 4 nitrogen and oxygen atoms in total. The first-order valence-electron chi connectivity index (χ1n) is 5.90. The summed E-state index contributed by atoms with van der Waals surface area (Å²) in [4.78, 5) is 2.31. The molecule has 0 spiro atoms. The van der Waals surface area contributed by atoms with Crippen LogP contribution >= 0.6 is 11.6 Å². The van der Waals surface area contributed by atoms with Gasteiger partial charge in [0.2, 0.25) is 0 Å². The highest BCUT2D eigenvalue weighted by Crippen LogP contribution is 2.44. The van der Waals surface area contributed by atoms with E-state index in [1.54, 1.807) is 0 Å². The zero-order valence-electron chi connectivity index (χ0n) is 9.54. The Morgan fingerprint density at radius 3 is 2.53 bits per heavy atom. The SMILES string of the molecule is Clc1ccc(N2CCNCC2)c2c1OCCO2. The summed E-state index contributed by atoms with van der Waals surface area (Å²) in [5.74, 6) is 1.49. The summed E-state index contributed by atoms with van der Waals surface area (Å²) in [6.07, 6.45) is 0. The smallest absolute Gasteiger partial charge is 0.186 e. The van der Waals surface area contributed by atoms with Gasteiger partial charge in [-0.2, -0.15) is 0 Å². The first-order valence-corrected chi connectivity index (χ1v) is 6.28. The van der Waals surface area contributed by atoms with Gasteiger partial charge in [-0.05, 0) is 12.1 Å². The van der Waals surface area contributed by atoms with Gasteiger partial charge >= 0.3 is 0 Å². The molecule has 0 unspecified atom stereocenters. The first kappa shape index (κ1) is 11.0. The van der Waals surface area contributed by atoms with Gasteiger partial charge in [-0.25, -0.2) is 0 Å². The van der Waals surface area contributed by atoms with Crippen LogP contribution in [-0.2, 0) is 0 Å². The highest BCUT2D eigenvalue weighted by molar-refractivity contribution is 6.32. The number of ether oxygens (including phenoxy) is 2. The van der Waals surface area contributed by atoms with Crippen LogP contribution in [0.4, 0.5) is 5.69 Å². The number of hydrogen-bond acceptors (Lipinski definition) is 4. The summed E-state index contributed by atoms with van der Waals surface area (Å²) >= 11 is 6.12. The van der Waals surface area contributed by atoms with Crippen LogP contribution in [0.2, 0.25) is 5.02 Å². The van der Waals surface area contributed by atoms with E-state index in [0.29, 0.717) is 24.0 Å². The number of fused-ring (bicyclic) bond motifs is 1. The number of rotatable bonds is 1. The van der Waals surface area contributed by atoms with Gasteiger partial charge in [0, 0.05) is 26.2 Å². The highest BCUT2D eigenvalue weighted by Gasteiger charge is 2.23. The lowest BCUT2D eigenvalue weighted by atomic mass is 10.2. The fourth-order valence-electron chi connectivity index (χ4n) is 2.24. The summed E-state index contributed by atoms with van der Waals surface area (Å²) in [6, 6.07) is 3.90. The lowest BCUT2D eigenvalue weighted by molar-refractivity contribution is 0.172. The molecule has 0 saturated carbocycles. The van der Waals surface area contributed by atoms with Crippen molar-refractivity contribution in [1.29, 1.82) is 0 Å². The molecule has 2 aliphatic rings. The molecule has 1 saturated heterocycles. The highest BCUT2D eigenvalue weighted by atomic mass is 35.5. The fourth-order valence-corrected chi connectivity index (χ4v) is 2.45. The van der Waals surface area contributed by atoms with E-state index in [1.165, 1.54) is 0 Å². The maximum absolute atomic E-state index is 6.12. The predicted molar refractivity (Wildman–Crippen MR) is 67.5 cm³/mol. The fraction of sp³-hybridized carbons (Fsp3) is 0.500. The average molecular weight is 255 g/mol. The molecule has 0 radical (unpaired) electrons. The Bertz CT molecular complexity index is 419. The molecule has 0 amide bonds. The Morgan fingerprint density at radius 1 is 1.06 bits per heavy atom. The van der Waals surface area contributed by atoms with Crippen molar-refractivity contribution in [3.05, 3.63) is 17.2 Å². The molecular weight excluding hydrogens is 240 g/mol. The maximum Gasteiger partial charge on any atom is 0.186 e. The van der Waals surface area contributed by atoms with Crippen molar-refractivity contribution in [2.24, 2.45) is 0 Å². The minimum Gasteiger partial charge on any atom is -0.484 e. The van der Waals surface area contributed by atoms with Crippen LogP contribution in [0.3, 0.4) is 0 Å². The van der Waals surface area contributed by atoms with Crippen LogP contribution in [0.5, 0.6) is 11.5 Å². The molecule has 0 aliphatic carbocycles. The minimum absolute atomic E-state index is 0.567. The van der Waals surface area contributed by atoms with Crippen molar-refractivity contribution in [2.45, 2.75) is 0 Å². The Morgan fingerprint density at radius 2 is 1.76 bits per heavy atom. The topological polar surface area (TPSA) is 33.7 Å². The Labute approximate surface area is 105 Å². The third-order valence-electron chi connectivity index (χ3n) is 3.08. The summed E-state index contributed by atoms with van der Waals surface area (Å²) < 4.78 is 11.3. The molecule has 2 aliphatic heterocycles. The predicted octanol–water partition coefficient (Wildman–Crippen LogP) is 1.52. The average Bonchev–Trinajstić information content (AvgIpc) is 2.41. The number of piperazine rings is 1. The second-order valence-corrected chi connectivity index (χ2v) is 4.57. The van der Waals surface area contributed by atoms with Crippen molar-refractivity contribution in [1.82, 2.24) is 5.32 Å². The van der Waals surface area contributed by atoms with Crippen LogP contribution in [0.25, 0.3) is 0 Å². The molecule has 1 fully saturated rings. The van der Waals surface area contributed by atoms with Crippen molar-refractivity contribution in [3.8, 4) is 11.5 Å². The molecule has 1 aromatic rings. The second-order valence-electron chi connectivity index (χ2n) is 4.16. The van der Waals surface area contributed by atoms with Gasteiger partial charge in [0.05, 0.1) is 10.7 Å². The summed E-state index contributed by atoms with van der Waals surface area (Å²) in [6.45, 7) is 5.12. The Hall–Kier alpha value is -1.13. The molecule has 5 heteroatoms. The van der Waals surface area contributed by atoms with Gasteiger partial charge in [0.15, 0.2) is 11.5 Å². The molecule has 1 aromatic carbocycles. The first-order chi connectivity index (χ1) is 8.36. The number of benzene rings is 1. The number of halogens is 1. The molecular formula is C12H15ClN2O2. The normalized spacial score (nSPS) is 19.2. The molecule has 3 rings (SSSR count). The Balaban J connectivity index is 1.98. The molecule has 2 heterocycles. The summed E-state index contributed by atoms with van der Waals surface area (Å²) in [7, 11) is 0. The van der Waals surface area contributed by atoms with Crippen LogP contribution < -0.4 is 19.7 Å². The molecule has 1 N–H and O–H groups in total. The van der Waals surface area contributed by atoms with Gasteiger partial charge in [-0.15, -0.1) is 0 Å². The lowest BCUT2D eigenvalue weighted by Crippen LogP contribution is -2.43. The molecule has 0 atom stereocenters.